The maximum atomic E-state index is 11.2. The van der Waals surface area contributed by atoms with E-state index in [0.29, 0.717) is 23.9 Å². The number of aromatic amines is 1. The highest BCUT2D eigenvalue weighted by molar-refractivity contribution is 8.00. The van der Waals surface area contributed by atoms with E-state index in [1.165, 1.54) is 17.8 Å². The van der Waals surface area contributed by atoms with Crippen molar-refractivity contribution in [1.29, 1.82) is 0 Å². The monoisotopic (exact) mass is 226 g/mol. The number of rotatable bonds is 2. The van der Waals surface area contributed by atoms with Gasteiger partial charge in [0, 0.05) is 18.2 Å². The Labute approximate surface area is 90.2 Å². The zero-order chi connectivity index (χ0) is 10.8. The van der Waals surface area contributed by atoms with Crippen molar-refractivity contribution in [3.63, 3.8) is 0 Å². The first-order chi connectivity index (χ1) is 7.15. The summed E-state index contributed by atoms with van der Waals surface area (Å²) in [6.45, 7) is 2.19. The molecule has 2 rings (SSSR count). The van der Waals surface area contributed by atoms with Crippen LogP contribution in [0.4, 0.5) is 0 Å². The smallest absolute Gasteiger partial charge is 0.319 e. The lowest BCUT2D eigenvalue weighted by molar-refractivity contribution is -0.137. The fourth-order valence-corrected chi connectivity index (χ4v) is 2.33. The number of aryl methyl sites for hydroxylation is 1. The van der Waals surface area contributed by atoms with E-state index in [9.17, 15) is 9.59 Å². The van der Waals surface area contributed by atoms with E-state index < -0.39 is 0 Å². The Morgan fingerprint density at radius 3 is 3.00 bits per heavy atom. The van der Waals surface area contributed by atoms with Gasteiger partial charge in [-0.3, -0.25) is 9.59 Å². The van der Waals surface area contributed by atoms with Gasteiger partial charge in [-0.15, -0.1) is 0 Å². The van der Waals surface area contributed by atoms with Crippen molar-refractivity contribution < 1.29 is 9.53 Å². The number of carbonyl (C=O) groups is 1. The molecule has 6 heteroatoms. The molecule has 1 unspecified atom stereocenters. The van der Waals surface area contributed by atoms with Crippen LogP contribution in [-0.4, -0.2) is 27.8 Å². The first-order valence-corrected chi connectivity index (χ1v) is 5.44. The topological polar surface area (TPSA) is 72.1 Å². The molecule has 1 aromatic heterocycles. The van der Waals surface area contributed by atoms with Crippen molar-refractivity contribution >= 4 is 17.7 Å². The van der Waals surface area contributed by atoms with Gasteiger partial charge >= 0.3 is 5.97 Å². The number of hydrogen-bond acceptors (Lipinski definition) is 5. The molecule has 0 spiro atoms. The molecule has 1 aliphatic rings. The average molecular weight is 226 g/mol. The third-order valence-corrected chi connectivity index (χ3v) is 3.12. The lowest BCUT2D eigenvalue weighted by Gasteiger charge is -2.04. The molecular formula is C9H10N2O3S. The van der Waals surface area contributed by atoms with E-state index in [4.69, 9.17) is 4.74 Å². The lowest BCUT2D eigenvalue weighted by Crippen LogP contribution is -2.13. The highest BCUT2D eigenvalue weighted by atomic mass is 32.2. The second-order valence-electron chi connectivity index (χ2n) is 3.25. The molecule has 0 bridgehead atoms. The third-order valence-electron chi connectivity index (χ3n) is 1.99. The van der Waals surface area contributed by atoms with Crippen LogP contribution in [0.5, 0.6) is 0 Å². The molecule has 1 saturated heterocycles. The molecule has 0 amide bonds. The van der Waals surface area contributed by atoms with Crippen LogP contribution >= 0.6 is 11.8 Å². The lowest BCUT2D eigenvalue weighted by atomic mass is 10.4. The van der Waals surface area contributed by atoms with E-state index in [1.807, 2.05) is 0 Å². The van der Waals surface area contributed by atoms with Gasteiger partial charge in [-0.05, 0) is 6.92 Å². The summed E-state index contributed by atoms with van der Waals surface area (Å²) in [5.41, 5.74) is 0.448. The van der Waals surface area contributed by atoms with Crippen LogP contribution in [-0.2, 0) is 9.53 Å². The average Bonchev–Trinajstić information content (AvgIpc) is 2.50. The summed E-state index contributed by atoms with van der Waals surface area (Å²) < 4.78 is 4.82. The van der Waals surface area contributed by atoms with Crippen LogP contribution in [0.15, 0.2) is 16.0 Å². The molecule has 15 heavy (non-hydrogen) atoms. The minimum absolute atomic E-state index is 0.198. The van der Waals surface area contributed by atoms with Gasteiger partial charge in [0.1, 0.15) is 5.25 Å². The number of nitrogens with one attached hydrogen (secondary N) is 1. The Kier molecular flexibility index (Phi) is 2.77. The van der Waals surface area contributed by atoms with Crippen LogP contribution in [0.3, 0.4) is 0 Å². The van der Waals surface area contributed by atoms with Crippen LogP contribution in [0.1, 0.15) is 12.1 Å². The van der Waals surface area contributed by atoms with E-state index in [-0.39, 0.29) is 16.8 Å². The predicted octanol–water partition coefficient (Wildman–Crippen LogP) is 0.486. The van der Waals surface area contributed by atoms with Crippen LogP contribution in [0, 0.1) is 6.92 Å². The maximum absolute atomic E-state index is 11.2. The molecule has 1 aromatic rings. The molecule has 1 aliphatic heterocycles. The minimum atomic E-state index is -0.241. The quantitative estimate of drug-likeness (QED) is 0.586. The van der Waals surface area contributed by atoms with Crippen molar-refractivity contribution in [3.8, 4) is 0 Å². The van der Waals surface area contributed by atoms with E-state index >= 15 is 0 Å². The highest BCUT2D eigenvalue weighted by Crippen LogP contribution is 2.26. The number of ether oxygens (including phenoxy) is 1. The van der Waals surface area contributed by atoms with E-state index in [1.54, 1.807) is 6.92 Å². The van der Waals surface area contributed by atoms with Gasteiger partial charge in [-0.2, -0.15) is 0 Å². The van der Waals surface area contributed by atoms with Gasteiger partial charge in [0.2, 0.25) is 0 Å². The molecule has 0 aromatic carbocycles. The summed E-state index contributed by atoms with van der Waals surface area (Å²) in [5.74, 6) is -0.232. The predicted molar refractivity (Wildman–Crippen MR) is 54.8 cm³/mol. The zero-order valence-electron chi connectivity index (χ0n) is 8.15. The zero-order valence-corrected chi connectivity index (χ0v) is 8.97. The minimum Gasteiger partial charge on any atom is -0.465 e. The van der Waals surface area contributed by atoms with Gasteiger partial charge in [0.25, 0.3) is 5.56 Å². The fraction of sp³-hybridized carbons (Fsp3) is 0.444. The molecule has 2 heterocycles. The second kappa shape index (κ2) is 4.06. The Bertz CT molecular complexity index is 443. The first kappa shape index (κ1) is 10.2. The molecule has 1 atom stereocenters. The van der Waals surface area contributed by atoms with Gasteiger partial charge in [0.05, 0.1) is 6.61 Å². The van der Waals surface area contributed by atoms with Crippen molar-refractivity contribution in [2.24, 2.45) is 0 Å². The Morgan fingerprint density at radius 1 is 1.60 bits per heavy atom. The number of carbonyl (C=O) groups excluding carboxylic acids is 1. The van der Waals surface area contributed by atoms with Crippen molar-refractivity contribution in [3.05, 3.63) is 22.1 Å². The van der Waals surface area contributed by atoms with E-state index in [0.717, 1.165) is 0 Å². The number of hydrogen-bond donors (Lipinski definition) is 1. The maximum Gasteiger partial charge on any atom is 0.319 e. The Hall–Kier alpha value is -1.30. The molecule has 5 nitrogen and oxygen atoms in total. The molecule has 80 valence electrons. The van der Waals surface area contributed by atoms with Crippen LogP contribution in [0.2, 0.25) is 0 Å². The fourth-order valence-electron chi connectivity index (χ4n) is 1.33. The largest absolute Gasteiger partial charge is 0.465 e. The molecular weight excluding hydrogens is 216 g/mol. The summed E-state index contributed by atoms with van der Waals surface area (Å²) in [4.78, 5) is 29.0. The summed E-state index contributed by atoms with van der Waals surface area (Å²) in [6, 6.07) is 1.41. The Morgan fingerprint density at radius 2 is 2.40 bits per heavy atom. The van der Waals surface area contributed by atoms with Gasteiger partial charge in [0.15, 0.2) is 5.16 Å². The van der Waals surface area contributed by atoms with Crippen molar-refractivity contribution in [2.45, 2.75) is 23.8 Å². The molecule has 1 N–H and O–H groups in total. The van der Waals surface area contributed by atoms with Crippen molar-refractivity contribution in [1.82, 2.24) is 9.97 Å². The summed E-state index contributed by atoms with van der Waals surface area (Å²) in [5, 5.41) is 0.235. The number of aromatic nitrogens is 2. The number of esters is 1. The molecule has 0 saturated carbocycles. The summed E-state index contributed by atoms with van der Waals surface area (Å²) in [6.07, 6.45) is 0.668. The second-order valence-corrected chi connectivity index (χ2v) is 4.45. The number of thioether (sulfide) groups is 1. The van der Waals surface area contributed by atoms with Gasteiger partial charge in [-0.25, -0.2) is 4.98 Å². The highest BCUT2D eigenvalue weighted by Gasteiger charge is 2.28. The van der Waals surface area contributed by atoms with Crippen molar-refractivity contribution in [2.75, 3.05) is 6.61 Å². The SMILES string of the molecule is Cc1cc(=O)[nH]c(SC2CCOC2=O)n1. The molecule has 1 fully saturated rings. The van der Waals surface area contributed by atoms with Gasteiger partial charge in [-0.1, -0.05) is 11.8 Å². The van der Waals surface area contributed by atoms with E-state index in [2.05, 4.69) is 9.97 Å². The third kappa shape index (κ3) is 2.38. The number of cyclic esters (lactones) is 1. The standard InChI is InChI=1S/C9H10N2O3S/c1-5-4-7(12)11-9(10-5)15-6-2-3-14-8(6)13/h4,6H,2-3H2,1H3,(H,10,11,12). The number of nitrogens with zero attached hydrogens (tertiary/aromatic N) is 1. The first-order valence-electron chi connectivity index (χ1n) is 4.56. The Balaban J connectivity index is 2.16. The van der Waals surface area contributed by atoms with Crippen LogP contribution < -0.4 is 5.56 Å². The van der Waals surface area contributed by atoms with Gasteiger partial charge < -0.3 is 9.72 Å². The normalized spacial score (nSPS) is 20.3. The summed E-state index contributed by atoms with van der Waals surface area (Å²) in [7, 11) is 0. The number of H-pyrrole nitrogens is 1. The van der Waals surface area contributed by atoms with Crippen LogP contribution in [0.25, 0.3) is 0 Å². The molecule has 0 radical (unpaired) electrons. The molecule has 0 aliphatic carbocycles. The summed E-state index contributed by atoms with van der Waals surface area (Å²) >= 11 is 1.25.